The fourth-order valence-corrected chi connectivity index (χ4v) is 9.39. The Bertz CT molecular complexity index is 2710. The van der Waals surface area contributed by atoms with Crippen molar-refractivity contribution in [2.24, 2.45) is 5.11 Å². The maximum Gasteiger partial charge on any atom is 0.169 e. The Morgan fingerprint density at radius 2 is 0.676 bits per heavy atom. The molecule has 9 rings (SSSR count). The predicted octanol–water partition coefficient (Wildman–Crippen LogP) is 10.9. The van der Waals surface area contributed by atoms with Crippen LogP contribution in [0, 0.1) is 0 Å². The SMILES string of the molecule is [N-]=[N+]=N[C@H]1[C@H](O[C@H]2[C@@H](O)[C@H](OCc3ccccc3)[C@H](OCc3ccccc3)[C@@H](OCc3ccccc3)[C@@H]2OCc2ccccc2)O[C@H](COCc2ccccc2)[C@H](OCc2ccccc2)[C@@H]1OCc1ccccc1. The fourth-order valence-electron chi connectivity index (χ4n) is 9.39. The third-order valence-corrected chi connectivity index (χ3v) is 13.2. The number of benzene rings is 7. The summed E-state index contributed by atoms with van der Waals surface area (Å²) in [4.78, 5) is 3.36. The molecule has 1 aliphatic heterocycles. The lowest BCUT2D eigenvalue weighted by molar-refractivity contribution is -0.338. The summed E-state index contributed by atoms with van der Waals surface area (Å²) < 4.78 is 62.0. The molecule has 7 aromatic rings. The Hall–Kier alpha value is -6.55. The molecule has 74 heavy (non-hydrogen) atoms. The van der Waals surface area contributed by atoms with E-state index in [1.807, 2.05) is 212 Å². The third kappa shape index (κ3) is 14.6. The highest BCUT2D eigenvalue weighted by molar-refractivity contribution is 5.20. The summed E-state index contributed by atoms with van der Waals surface area (Å²) in [5.41, 5.74) is 16.8. The Labute approximate surface area is 433 Å². The summed E-state index contributed by atoms with van der Waals surface area (Å²) in [6.45, 7) is 1.31. The number of ether oxygens (including phenoxy) is 9. The average Bonchev–Trinajstić information content (AvgIpc) is 3.46. The van der Waals surface area contributed by atoms with Gasteiger partial charge in [0.15, 0.2) is 6.29 Å². The van der Waals surface area contributed by atoms with Crippen molar-refractivity contribution in [3.05, 3.63) is 262 Å². The number of rotatable bonds is 25. The minimum Gasteiger partial charge on any atom is -0.387 e. The van der Waals surface area contributed by atoms with Crippen molar-refractivity contribution in [1.29, 1.82) is 0 Å². The molecular formula is C61H63N3O10. The van der Waals surface area contributed by atoms with Gasteiger partial charge in [0.1, 0.15) is 61.0 Å². The van der Waals surface area contributed by atoms with Crippen molar-refractivity contribution in [2.45, 2.75) is 114 Å². The van der Waals surface area contributed by atoms with Crippen molar-refractivity contribution >= 4 is 0 Å². The van der Waals surface area contributed by atoms with Crippen LogP contribution in [0.3, 0.4) is 0 Å². The molecule has 0 radical (unpaired) electrons. The lowest BCUT2D eigenvalue weighted by Gasteiger charge is -2.51. The van der Waals surface area contributed by atoms with Gasteiger partial charge in [-0.3, -0.25) is 0 Å². The maximum atomic E-state index is 13.1. The van der Waals surface area contributed by atoms with Crippen LogP contribution in [0.2, 0.25) is 0 Å². The summed E-state index contributed by atoms with van der Waals surface area (Å²) in [6.07, 6.45) is -10.5. The summed E-state index contributed by atoms with van der Waals surface area (Å²) >= 11 is 0. The van der Waals surface area contributed by atoms with Crippen LogP contribution in [-0.2, 0) is 88.9 Å². The zero-order valence-electron chi connectivity index (χ0n) is 41.2. The molecule has 0 unspecified atom stereocenters. The second-order valence-corrected chi connectivity index (χ2v) is 18.4. The van der Waals surface area contributed by atoms with Crippen LogP contribution in [0.15, 0.2) is 217 Å². The predicted molar refractivity (Wildman–Crippen MR) is 279 cm³/mol. The van der Waals surface area contributed by atoms with Gasteiger partial charge in [0.05, 0.1) is 52.9 Å². The molecule has 1 heterocycles. The van der Waals surface area contributed by atoms with E-state index in [1.54, 1.807) is 0 Å². The van der Waals surface area contributed by atoms with E-state index >= 15 is 0 Å². The lowest BCUT2D eigenvalue weighted by Crippen LogP contribution is -2.69. The van der Waals surface area contributed by atoms with E-state index in [0.29, 0.717) is 0 Å². The van der Waals surface area contributed by atoms with Crippen LogP contribution >= 0.6 is 0 Å². The Balaban J connectivity index is 1.11. The summed E-state index contributed by atoms with van der Waals surface area (Å²) in [5, 5.41) is 17.5. The van der Waals surface area contributed by atoms with Gasteiger partial charge in [-0.1, -0.05) is 217 Å². The quantitative estimate of drug-likeness (QED) is 0.0333. The molecule has 13 nitrogen and oxygen atoms in total. The lowest BCUT2D eigenvalue weighted by atomic mass is 9.83. The summed E-state index contributed by atoms with van der Waals surface area (Å²) in [6, 6.07) is 67.4. The molecule has 7 aromatic carbocycles. The van der Waals surface area contributed by atoms with Gasteiger partial charge in [-0.25, -0.2) is 0 Å². The van der Waals surface area contributed by atoms with Gasteiger partial charge in [-0.2, -0.15) is 0 Å². The number of nitrogens with zero attached hydrogens (tertiary/aromatic N) is 3. The molecule has 2 fully saturated rings. The number of azide groups is 1. The highest BCUT2D eigenvalue weighted by Crippen LogP contribution is 2.38. The minimum absolute atomic E-state index is 0.0462. The first-order valence-electron chi connectivity index (χ1n) is 25.2. The molecule has 13 heteroatoms. The minimum atomic E-state index is -1.42. The molecule has 1 N–H and O–H groups in total. The monoisotopic (exact) mass is 997 g/mol. The Kier molecular flexibility index (Phi) is 19.6. The molecule has 0 amide bonds. The van der Waals surface area contributed by atoms with E-state index < -0.39 is 67.3 Å². The van der Waals surface area contributed by atoms with Crippen LogP contribution < -0.4 is 0 Å². The largest absolute Gasteiger partial charge is 0.387 e. The summed E-state index contributed by atoms with van der Waals surface area (Å²) in [7, 11) is 0. The molecule has 0 bridgehead atoms. The van der Waals surface area contributed by atoms with Gasteiger partial charge in [0, 0.05) is 4.91 Å². The van der Waals surface area contributed by atoms with Gasteiger partial charge in [-0.15, -0.1) is 0 Å². The third-order valence-electron chi connectivity index (χ3n) is 13.2. The van der Waals surface area contributed by atoms with Gasteiger partial charge in [-0.05, 0) is 44.5 Å². The van der Waals surface area contributed by atoms with E-state index in [0.717, 1.165) is 38.9 Å². The standard InChI is InChI=1S/C61H63N3O10/c62-64-63-52-55(68-38-46-26-12-3-13-27-46)54(67-37-45-24-10-2-11-25-45)51(43-66-36-44-22-8-1-9-23-44)73-61(52)74-57-53(65)56(69-39-47-28-14-4-15-29-47)58(70-40-48-30-16-5-17-31-48)60(72-42-50-34-20-7-21-35-50)59(57)71-41-49-32-18-6-19-33-49/h1-35,51-61,65H,36-43H2/t51-,52-,53+,54+,55-,56+,57+,58+,59-,60-,61+/m1/s1. The Morgan fingerprint density at radius 3 is 1.04 bits per heavy atom. The first-order valence-corrected chi connectivity index (χ1v) is 25.2. The van der Waals surface area contributed by atoms with Gasteiger partial charge < -0.3 is 47.7 Å². The number of aliphatic hydroxyl groups excluding tert-OH is 1. The second kappa shape index (κ2) is 27.7. The smallest absolute Gasteiger partial charge is 0.169 e. The van der Waals surface area contributed by atoms with Gasteiger partial charge in [0.2, 0.25) is 0 Å². The highest BCUT2D eigenvalue weighted by atomic mass is 16.7. The van der Waals surface area contributed by atoms with Crippen molar-refractivity contribution in [1.82, 2.24) is 0 Å². The van der Waals surface area contributed by atoms with E-state index in [2.05, 4.69) is 10.0 Å². The van der Waals surface area contributed by atoms with Crippen molar-refractivity contribution in [3.63, 3.8) is 0 Å². The fraction of sp³-hybridized carbons (Fsp3) is 0.311. The van der Waals surface area contributed by atoms with Gasteiger partial charge in [0.25, 0.3) is 0 Å². The first kappa shape index (κ1) is 52.3. The molecule has 382 valence electrons. The molecule has 1 saturated carbocycles. The topological polar surface area (TPSA) is 152 Å². The van der Waals surface area contributed by atoms with Crippen LogP contribution in [-0.4, -0.2) is 79.0 Å². The average molecular weight is 998 g/mol. The van der Waals surface area contributed by atoms with E-state index in [9.17, 15) is 10.6 Å². The van der Waals surface area contributed by atoms with Crippen LogP contribution in [0.5, 0.6) is 0 Å². The molecule has 1 aliphatic carbocycles. The number of hydrogen-bond acceptors (Lipinski definition) is 11. The van der Waals surface area contributed by atoms with Crippen LogP contribution in [0.25, 0.3) is 10.4 Å². The molecule has 0 spiro atoms. The molecule has 11 atom stereocenters. The van der Waals surface area contributed by atoms with E-state index in [-0.39, 0.29) is 52.9 Å². The number of aliphatic hydroxyl groups is 1. The second-order valence-electron chi connectivity index (χ2n) is 18.4. The summed E-state index contributed by atoms with van der Waals surface area (Å²) in [5.74, 6) is 0. The molecule has 0 aromatic heterocycles. The van der Waals surface area contributed by atoms with Crippen molar-refractivity contribution < 1.29 is 47.7 Å². The maximum absolute atomic E-state index is 13.1. The van der Waals surface area contributed by atoms with Crippen LogP contribution in [0.1, 0.15) is 38.9 Å². The number of hydrogen-bond donors (Lipinski definition) is 1. The van der Waals surface area contributed by atoms with Crippen molar-refractivity contribution in [3.8, 4) is 0 Å². The van der Waals surface area contributed by atoms with Crippen LogP contribution in [0.4, 0.5) is 0 Å². The van der Waals surface area contributed by atoms with E-state index in [4.69, 9.17) is 42.6 Å². The highest BCUT2D eigenvalue weighted by Gasteiger charge is 2.57. The zero-order chi connectivity index (χ0) is 50.6. The normalized spacial score (nSPS) is 24.7. The van der Waals surface area contributed by atoms with Crippen molar-refractivity contribution in [2.75, 3.05) is 6.61 Å². The van der Waals surface area contributed by atoms with Gasteiger partial charge >= 0.3 is 0 Å². The Morgan fingerprint density at radius 1 is 0.378 bits per heavy atom. The van der Waals surface area contributed by atoms with E-state index in [1.165, 1.54) is 0 Å². The molecular weight excluding hydrogens is 935 g/mol. The zero-order valence-corrected chi connectivity index (χ0v) is 41.2. The molecule has 1 saturated heterocycles. The first-order chi connectivity index (χ1) is 36.6. The molecule has 2 aliphatic rings.